The highest BCUT2D eigenvalue weighted by molar-refractivity contribution is 7.90. The Morgan fingerprint density at radius 2 is 2.24 bits per heavy atom. The Kier molecular flexibility index (Phi) is 3.73. The number of nitrogens with one attached hydrogen (secondary N) is 1. The summed E-state index contributed by atoms with van der Waals surface area (Å²) in [5.41, 5.74) is 1.64. The summed E-state index contributed by atoms with van der Waals surface area (Å²) in [6.07, 6.45) is 8.61. The predicted octanol–water partition coefficient (Wildman–Crippen LogP) is 0.593. The van der Waals surface area contributed by atoms with Crippen molar-refractivity contribution in [3.8, 4) is 0 Å². The van der Waals surface area contributed by atoms with Gasteiger partial charge in [-0.3, -0.25) is 20.0 Å². The van der Waals surface area contributed by atoms with Gasteiger partial charge in [-0.05, 0) is 13.0 Å². The first-order chi connectivity index (χ1) is 10.0. The van der Waals surface area contributed by atoms with Crippen LogP contribution in [0.1, 0.15) is 23.7 Å². The fraction of sp³-hybridized carbons (Fsp3) is 0.462. The van der Waals surface area contributed by atoms with Crippen LogP contribution in [0.5, 0.6) is 0 Å². The summed E-state index contributed by atoms with van der Waals surface area (Å²) in [6.45, 7) is 2.43. The Morgan fingerprint density at radius 1 is 1.38 bits per heavy atom. The average Bonchev–Trinajstić information content (AvgIpc) is 3.07. The van der Waals surface area contributed by atoms with Crippen molar-refractivity contribution < 1.29 is 8.42 Å². The fourth-order valence-corrected chi connectivity index (χ4v) is 3.58. The van der Waals surface area contributed by atoms with Crippen LogP contribution < -0.4 is 0 Å². The van der Waals surface area contributed by atoms with Gasteiger partial charge in [-0.2, -0.15) is 5.10 Å². The van der Waals surface area contributed by atoms with Crippen molar-refractivity contribution in [3.63, 3.8) is 0 Å². The zero-order chi connectivity index (χ0) is 14.9. The van der Waals surface area contributed by atoms with Crippen molar-refractivity contribution in [3.05, 3.63) is 36.2 Å². The minimum atomic E-state index is -3.24. The van der Waals surface area contributed by atoms with Gasteiger partial charge < -0.3 is 0 Å². The Bertz CT molecular complexity index is 713. The van der Waals surface area contributed by atoms with E-state index in [0.717, 1.165) is 37.4 Å². The average molecular weight is 307 g/mol. The Morgan fingerprint density at radius 3 is 2.95 bits per heavy atom. The Labute approximate surface area is 123 Å². The van der Waals surface area contributed by atoms with E-state index >= 15 is 0 Å². The van der Waals surface area contributed by atoms with Crippen LogP contribution in [-0.4, -0.2) is 52.8 Å². The molecule has 3 rings (SSSR count). The molecule has 0 saturated carbocycles. The molecule has 1 N–H and O–H groups in total. The van der Waals surface area contributed by atoms with Crippen LogP contribution in [0, 0.1) is 0 Å². The minimum absolute atomic E-state index is 0.161. The molecule has 0 spiro atoms. The van der Waals surface area contributed by atoms with Crippen molar-refractivity contribution in [1.82, 2.24) is 25.1 Å². The van der Waals surface area contributed by atoms with Crippen molar-refractivity contribution in [2.45, 2.75) is 23.8 Å². The third-order valence-electron chi connectivity index (χ3n) is 3.71. The molecule has 7 nitrogen and oxygen atoms in total. The van der Waals surface area contributed by atoms with Gasteiger partial charge in [0, 0.05) is 43.9 Å². The first-order valence-corrected chi connectivity index (χ1v) is 8.64. The summed E-state index contributed by atoms with van der Waals surface area (Å²) < 4.78 is 23.5. The molecule has 0 bridgehead atoms. The quantitative estimate of drug-likeness (QED) is 0.889. The molecule has 0 radical (unpaired) electrons. The molecule has 3 heterocycles. The lowest BCUT2D eigenvalue weighted by molar-refractivity contribution is 0.321. The van der Waals surface area contributed by atoms with Crippen molar-refractivity contribution in [2.75, 3.05) is 19.3 Å². The number of likely N-dealkylation sites (tertiary alicyclic amines) is 1. The summed E-state index contributed by atoms with van der Waals surface area (Å²) in [5, 5.41) is 6.75. The van der Waals surface area contributed by atoms with Crippen LogP contribution in [0.15, 0.2) is 29.7 Å². The zero-order valence-corrected chi connectivity index (χ0v) is 12.5. The second-order valence-corrected chi connectivity index (χ2v) is 7.32. The van der Waals surface area contributed by atoms with E-state index in [1.807, 2.05) is 0 Å². The van der Waals surface area contributed by atoms with Crippen LogP contribution in [0.3, 0.4) is 0 Å². The first kappa shape index (κ1) is 14.2. The van der Waals surface area contributed by atoms with Gasteiger partial charge in [0.15, 0.2) is 9.84 Å². The summed E-state index contributed by atoms with van der Waals surface area (Å²) in [7, 11) is -3.24. The van der Waals surface area contributed by atoms with Crippen molar-refractivity contribution in [2.24, 2.45) is 0 Å². The van der Waals surface area contributed by atoms with Gasteiger partial charge in [0.05, 0.1) is 17.6 Å². The molecule has 8 heteroatoms. The third-order valence-corrected chi connectivity index (χ3v) is 4.84. The van der Waals surface area contributed by atoms with Crippen molar-refractivity contribution in [1.29, 1.82) is 0 Å². The van der Waals surface area contributed by atoms with E-state index in [2.05, 4.69) is 25.1 Å². The molecule has 0 aromatic carbocycles. The van der Waals surface area contributed by atoms with Gasteiger partial charge in [0.1, 0.15) is 4.90 Å². The highest BCUT2D eigenvalue weighted by atomic mass is 32.2. The van der Waals surface area contributed by atoms with Gasteiger partial charge in [-0.25, -0.2) is 8.42 Å². The zero-order valence-electron chi connectivity index (χ0n) is 11.7. The number of hydrogen-bond donors (Lipinski definition) is 1. The minimum Gasteiger partial charge on any atom is -0.297 e. The monoisotopic (exact) mass is 307 g/mol. The van der Waals surface area contributed by atoms with Crippen LogP contribution in [-0.2, 0) is 16.4 Å². The summed E-state index contributed by atoms with van der Waals surface area (Å²) >= 11 is 0. The number of aromatic amines is 1. The standard InChI is InChI=1S/C13H17N5O2S/c1-21(19,20)12-7-16-17-13(12)10-2-5-18(8-10)9-11-6-14-3-4-15-11/h3-4,6-7,10H,2,5,8-9H2,1H3,(H,16,17)/t10-/m1/s1. The SMILES string of the molecule is CS(=O)(=O)c1cn[nH]c1[C@@H]1CCN(Cc2cnccn2)C1. The Balaban J connectivity index is 1.72. The topological polar surface area (TPSA) is 91.8 Å². The van der Waals surface area contributed by atoms with E-state index in [1.165, 1.54) is 12.5 Å². The molecule has 1 aliphatic heterocycles. The van der Waals surface area contributed by atoms with Crippen LogP contribution in [0.4, 0.5) is 0 Å². The van der Waals surface area contributed by atoms with E-state index < -0.39 is 9.84 Å². The van der Waals surface area contributed by atoms with Gasteiger partial charge >= 0.3 is 0 Å². The number of H-pyrrole nitrogens is 1. The number of aromatic nitrogens is 4. The van der Waals surface area contributed by atoms with Gasteiger partial charge in [-0.1, -0.05) is 0 Å². The number of rotatable bonds is 4. The van der Waals surface area contributed by atoms with E-state index in [4.69, 9.17) is 0 Å². The number of sulfone groups is 1. The van der Waals surface area contributed by atoms with Gasteiger partial charge in [-0.15, -0.1) is 0 Å². The van der Waals surface area contributed by atoms with E-state index in [-0.39, 0.29) is 5.92 Å². The molecule has 1 atom stereocenters. The highest BCUT2D eigenvalue weighted by Gasteiger charge is 2.29. The molecule has 0 amide bonds. The molecule has 1 fully saturated rings. The molecule has 1 aliphatic rings. The molecule has 21 heavy (non-hydrogen) atoms. The third kappa shape index (κ3) is 3.11. The molecular formula is C13H17N5O2S. The number of nitrogens with zero attached hydrogens (tertiary/aromatic N) is 4. The smallest absolute Gasteiger partial charge is 0.178 e. The second kappa shape index (κ2) is 5.53. The van der Waals surface area contributed by atoms with Crippen LogP contribution >= 0.6 is 0 Å². The molecule has 0 aliphatic carbocycles. The number of hydrogen-bond acceptors (Lipinski definition) is 6. The summed E-state index contributed by atoms with van der Waals surface area (Å²) in [6, 6.07) is 0. The lowest BCUT2D eigenvalue weighted by atomic mass is 10.1. The highest BCUT2D eigenvalue weighted by Crippen LogP contribution is 2.30. The van der Waals surface area contributed by atoms with Crippen LogP contribution in [0.2, 0.25) is 0 Å². The molecule has 112 valence electrons. The second-order valence-electron chi connectivity index (χ2n) is 5.34. The molecule has 0 unspecified atom stereocenters. The maximum absolute atomic E-state index is 11.8. The molecule has 2 aromatic rings. The molecule has 1 saturated heterocycles. The van der Waals surface area contributed by atoms with Gasteiger partial charge in [0.2, 0.25) is 0 Å². The maximum atomic E-state index is 11.8. The maximum Gasteiger partial charge on any atom is 0.178 e. The molecule has 2 aromatic heterocycles. The van der Waals surface area contributed by atoms with E-state index in [1.54, 1.807) is 18.6 Å². The fourth-order valence-electron chi connectivity index (χ4n) is 2.73. The van der Waals surface area contributed by atoms with E-state index in [0.29, 0.717) is 4.90 Å². The summed E-state index contributed by atoms with van der Waals surface area (Å²) in [4.78, 5) is 10.9. The van der Waals surface area contributed by atoms with Crippen molar-refractivity contribution >= 4 is 9.84 Å². The normalized spacial score (nSPS) is 20.0. The lowest BCUT2D eigenvalue weighted by Crippen LogP contribution is -2.20. The predicted molar refractivity (Wildman–Crippen MR) is 76.4 cm³/mol. The van der Waals surface area contributed by atoms with E-state index in [9.17, 15) is 8.42 Å². The molecular weight excluding hydrogens is 290 g/mol. The van der Waals surface area contributed by atoms with Crippen LogP contribution in [0.25, 0.3) is 0 Å². The summed E-state index contributed by atoms with van der Waals surface area (Å²) in [5.74, 6) is 0.161. The lowest BCUT2D eigenvalue weighted by Gasteiger charge is -2.15. The Hall–Kier alpha value is -1.80. The largest absolute Gasteiger partial charge is 0.297 e. The van der Waals surface area contributed by atoms with Gasteiger partial charge in [0.25, 0.3) is 0 Å². The first-order valence-electron chi connectivity index (χ1n) is 6.74.